The summed E-state index contributed by atoms with van der Waals surface area (Å²) in [6.07, 6.45) is -0.244. The zero-order valence-corrected chi connectivity index (χ0v) is 11.8. The third kappa shape index (κ3) is 9.01. The van der Waals surface area contributed by atoms with Gasteiger partial charge in [-0.3, -0.25) is 9.59 Å². The van der Waals surface area contributed by atoms with Crippen LogP contribution in [0.5, 0.6) is 0 Å². The minimum atomic E-state index is -1.26. The highest BCUT2D eigenvalue weighted by atomic mass is 16.6. The molecule has 0 aromatic rings. The van der Waals surface area contributed by atoms with E-state index in [1.807, 2.05) is 0 Å². The summed E-state index contributed by atoms with van der Waals surface area (Å²) in [5, 5.41) is 14.0. The molecular weight excluding hydrogens is 252 g/mol. The first-order chi connectivity index (χ1) is 8.65. The molecule has 110 valence electrons. The summed E-state index contributed by atoms with van der Waals surface area (Å²) in [6.45, 7) is 5.50. The summed E-state index contributed by atoms with van der Waals surface area (Å²) in [6, 6.07) is -1.26. The Labute approximate surface area is 112 Å². The van der Waals surface area contributed by atoms with Gasteiger partial charge in [0.15, 0.2) is 0 Å². The average Bonchev–Trinajstić information content (AvgIpc) is 2.22. The maximum Gasteiger partial charge on any atom is 0.326 e. The lowest BCUT2D eigenvalue weighted by Crippen LogP contribution is -2.43. The van der Waals surface area contributed by atoms with Crippen LogP contribution in [0.25, 0.3) is 0 Å². The monoisotopic (exact) mass is 274 g/mol. The van der Waals surface area contributed by atoms with Gasteiger partial charge in [-0.05, 0) is 27.8 Å². The van der Waals surface area contributed by atoms with Crippen molar-refractivity contribution in [3.63, 3.8) is 0 Å². The van der Waals surface area contributed by atoms with E-state index in [1.165, 1.54) is 0 Å². The summed E-state index contributed by atoms with van der Waals surface area (Å²) in [5.74, 6) is -2.34. The Kier molecular flexibility index (Phi) is 7.06. The summed E-state index contributed by atoms with van der Waals surface area (Å²) in [7, 11) is 1.68. The lowest BCUT2D eigenvalue weighted by atomic mass is 10.1. The van der Waals surface area contributed by atoms with Crippen LogP contribution in [-0.2, 0) is 19.1 Å². The van der Waals surface area contributed by atoms with E-state index in [-0.39, 0.29) is 6.42 Å². The molecular formula is C12H22N2O5. The van der Waals surface area contributed by atoms with Gasteiger partial charge in [0, 0.05) is 13.0 Å². The first kappa shape index (κ1) is 17.4. The Morgan fingerprint density at radius 2 is 1.84 bits per heavy atom. The van der Waals surface area contributed by atoms with Crippen molar-refractivity contribution in [1.29, 1.82) is 0 Å². The molecule has 0 bridgehead atoms. The summed E-state index contributed by atoms with van der Waals surface area (Å²) in [4.78, 5) is 33.9. The van der Waals surface area contributed by atoms with Crippen LogP contribution in [0.2, 0.25) is 0 Å². The van der Waals surface area contributed by atoms with Crippen molar-refractivity contribution in [2.75, 3.05) is 13.6 Å². The number of carboxylic acids is 1. The van der Waals surface area contributed by atoms with Crippen LogP contribution in [0.3, 0.4) is 0 Å². The smallest absolute Gasteiger partial charge is 0.326 e. The number of carboxylic acid groups (broad SMARTS) is 1. The lowest BCUT2D eigenvalue weighted by Gasteiger charge is -2.21. The van der Waals surface area contributed by atoms with Crippen LogP contribution in [0.4, 0.5) is 0 Å². The molecule has 0 aromatic carbocycles. The average molecular weight is 274 g/mol. The van der Waals surface area contributed by atoms with Crippen LogP contribution in [0.15, 0.2) is 0 Å². The molecule has 0 aliphatic carbocycles. The molecule has 0 rings (SSSR count). The fourth-order valence-corrected chi connectivity index (χ4v) is 1.25. The minimum Gasteiger partial charge on any atom is -0.480 e. The Morgan fingerprint density at radius 1 is 1.26 bits per heavy atom. The van der Waals surface area contributed by atoms with Gasteiger partial charge in [-0.2, -0.15) is 0 Å². The molecule has 0 fully saturated rings. The van der Waals surface area contributed by atoms with Gasteiger partial charge >= 0.3 is 11.9 Å². The number of ether oxygens (including phenoxy) is 1. The summed E-state index contributed by atoms with van der Waals surface area (Å²) < 4.78 is 5.02. The number of carbonyl (C=O) groups is 3. The molecule has 0 saturated carbocycles. The van der Waals surface area contributed by atoms with E-state index in [0.29, 0.717) is 6.54 Å². The number of rotatable bonds is 7. The van der Waals surface area contributed by atoms with Gasteiger partial charge in [0.25, 0.3) is 0 Å². The van der Waals surface area contributed by atoms with Crippen LogP contribution in [0, 0.1) is 0 Å². The molecule has 7 heteroatoms. The predicted molar refractivity (Wildman–Crippen MR) is 68.6 cm³/mol. The standard InChI is InChI=1S/C12H22N2O5/c1-12(2,3)19-10(16)7-8(11(17)18)14-9(15)5-6-13-4/h8,13H,5-7H2,1-4H3,(H,14,15)(H,17,18)/t8-/m0/s1. The third-order valence-electron chi connectivity index (χ3n) is 2.03. The number of hydrogen-bond donors (Lipinski definition) is 3. The molecule has 7 nitrogen and oxygen atoms in total. The van der Waals surface area contributed by atoms with Gasteiger partial charge in [0.2, 0.25) is 5.91 Å². The number of carbonyl (C=O) groups excluding carboxylic acids is 2. The molecule has 0 spiro atoms. The highest BCUT2D eigenvalue weighted by Gasteiger charge is 2.26. The van der Waals surface area contributed by atoms with Crippen LogP contribution >= 0.6 is 0 Å². The van der Waals surface area contributed by atoms with Crippen molar-refractivity contribution in [3.05, 3.63) is 0 Å². The van der Waals surface area contributed by atoms with Crippen LogP contribution in [0.1, 0.15) is 33.6 Å². The van der Waals surface area contributed by atoms with Gasteiger partial charge in [0.05, 0.1) is 6.42 Å². The maximum atomic E-state index is 11.5. The summed E-state index contributed by atoms with van der Waals surface area (Å²) >= 11 is 0. The third-order valence-corrected chi connectivity index (χ3v) is 2.03. The second kappa shape index (κ2) is 7.73. The second-order valence-electron chi connectivity index (χ2n) is 5.10. The van der Waals surface area contributed by atoms with Crippen molar-refractivity contribution in [3.8, 4) is 0 Å². The Balaban J connectivity index is 4.38. The van der Waals surface area contributed by atoms with Gasteiger partial charge in [-0.15, -0.1) is 0 Å². The number of esters is 1. The van der Waals surface area contributed by atoms with Crippen LogP contribution in [-0.4, -0.2) is 48.2 Å². The number of aliphatic carboxylic acids is 1. The molecule has 0 aromatic heterocycles. The van der Waals surface area contributed by atoms with Crippen molar-refractivity contribution >= 4 is 17.8 Å². The normalized spacial score (nSPS) is 12.6. The first-order valence-electron chi connectivity index (χ1n) is 6.04. The highest BCUT2D eigenvalue weighted by Crippen LogP contribution is 2.09. The van der Waals surface area contributed by atoms with E-state index in [1.54, 1.807) is 27.8 Å². The van der Waals surface area contributed by atoms with Gasteiger partial charge in [-0.25, -0.2) is 4.79 Å². The largest absolute Gasteiger partial charge is 0.480 e. The highest BCUT2D eigenvalue weighted by molar-refractivity contribution is 5.87. The SMILES string of the molecule is CNCCC(=O)N[C@@H](CC(=O)OC(C)(C)C)C(=O)O. The van der Waals surface area contributed by atoms with Crippen molar-refractivity contribution in [2.45, 2.75) is 45.3 Å². The molecule has 3 N–H and O–H groups in total. The van der Waals surface area contributed by atoms with E-state index >= 15 is 0 Å². The van der Waals surface area contributed by atoms with Crippen molar-refractivity contribution < 1.29 is 24.2 Å². The number of nitrogens with one attached hydrogen (secondary N) is 2. The first-order valence-corrected chi connectivity index (χ1v) is 6.04. The number of hydrogen-bond acceptors (Lipinski definition) is 5. The van der Waals surface area contributed by atoms with E-state index in [0.717, 1.165) is 0 Å². The lowest BCUT2D eigenvalue weighted by molar-refractivity contribution is -0.158. The molecule has 1 atom stereocenters. The molecule has 0 saturated heterocycles. The van der Waals surface area contributed by atoms with E-state index in [9.17, 15) is 14.4 Å². The predicted octanol–water partition coefficient (Wildman–Crippen LogP) is -0.103. The van der Waals surface area contributed by atoms with Crippen LogP contribution < -0.4 is 10.6 Å². The van der Waals surface area contributed by atoms with Crippen molar-refractivity contribution in [2.24, 2.45) is 0 Å². The molecule has 0 heterocycles. The van der Waals surface area contributed by atoms with Gasteiger partial charge < -0.3 is 20.5 Å². The zero-order valence-electron chi connectivity index (χ0n) is 11.8. The van der Waals surface area contributed by atoms with Gasteiger partial charge in [-0.1, -0.05) is 0 Å². The second-order valence-corrected chi connectivity index (χ2v) is 5.10. The molecule has 0 aliphatic rings. The maximum absolute atomic E-state index is 11.5. The fourth-order valence-electron chi connectivity index (χ4n) is 1.25. The Bertz CT molecular complexity index is 336. The van der Waals surface area contributed by atoms with E-state index in [4.69, 9.17) is 9.84 Å². The Hall–Kier alpha value is -1.63. The van der Waals surface area contributed by atoms with E-state index < -0.39 is 35.9 Å². The fraction of sp³-hybridized carbons (Fsp3) is 0.750. The zero-order chi connectivity index (χ0) is 15.1. The van der Waals surface area contributed by atoms with E-state index in [2.05, 4.69) is 10.6 Å². The molecule has 0 radical (unpaired) electrons. The topological polar surface area (TPSA) is 105 Å². The molecule has 0 aliphatic heterocycles. The van der Waals surface area contributed by atoms with Gasteiger partial charge in [0.1, 0.15) is 11.6 Å². The van der Waals surface area contributed by atoms with Crippen molar-refractivity contribution in [1.82, 2.24) is 10.6 Å². The summed E-state index contributed by atoms with van der Waals surface area (Å²) in [5.41, 5.74) is -0.684. The number of amides is 1. The molecule has 0 unspecified atom stereocenters. The minimum absolute atomic E-state index is 0.147. The Morgan fingerprint density at radius 3 is 2.26 bits per heavy atom. The molecule has 1 amide bonds. The molecule has 19 heavy (non-hydrogen) atoms. The quantitative estimate of drug-likeness (QED) is 0.560.